The van der Waals surface area contributed by atoms with E-state index in [9.17, 15) is 0 Å². The van der Waals surface area contributed by atoms with E-state index in [2.05, 4.69) is 27.9 Å². The van der Waals surface area contributed by atoms with Gasteiger partial charge >= 0.3 is 0 Å². The summed E-state index contributed by atoms with van der Waals surface area (Å²) >= 11 is 0. The van der Waals surface area contributed by atoms with Gasteiger partial charge < -0.3 is 14.0 Å². The Hall–Kier alpha value is -2.12. The summed E-state index contributed by atoms with van der Waals surface area (Å²) in [6, 6.07) is 6.05. The van der Waals surface area contributed by atoms with Gasteiger partial charge in [-0.25, -0.2) is 5.43 Å². The van der Waals surface area contributed by atoms with Crippen LogP contribution < -0.4 is 20.3 Å². The minimum absolute atomic E-state index is 0.0558. The summed E-state index contributed by atoms with van der Waals surface area (Å²) in [4.78, 5) is 4.45. The van der Waals surface area contributed by atoms with Crippen molar-refractivity contribution in [1.29, 1.82) is 0 Å². The van der Waals surface area contributed by atoms with Gasteiger partial charge in [0.25, 0.3) is 0 Å². The number of hydrogen-bond donors (Lipinski definition) is 2. The Labute approximate surface area is 115 Å². The smallest absolute Gasteiger partial charge is 0.245 e. The molecule has 1 fully saturated rings. The van der Waals surface area contributed by atoms with Gasteiger partial charge in [0, 0.05) is 11.6 Å². The Bertz CT molecular complexity index is 642. The predicted molar refractivity (Wildman–Crippen MR) is 68.9 cm³/mol. The van der Waals surface area contributed by atoms with Crippen LogP contribution in [-0.4, -0.2) is 23.0 Å². The first kappa shape index (κ1) is 11.7. The standard InChI is InChI=1S/C13H14N4O3/c1-7-4-9(16-15-7)13-14-12(17-20-13)8-2-3-10-11(5-8)19-6-18-10/h2-3,5,7,9,15-16H,4,6H2,1H3. The second-order valence-corrected chi connectivity index (χ2v) is 5.00. The van der Waals surface area contributed by atoms with Gasteiger partial charge in [0.05, 0.1) is 0 Å². The monoisotopic (exact) mass is 274 g/mol. The van der Waals surface area contributed by atoms with Crippen molar-refractivity contribution in [3.63, 3.8) is 0 Å². The third-order valence-corrected chi connectivity index (χ3v) is 3.46. The summed E-state index contributed by atoms with van der Waals surface area (Å²) in [5.41, 5.74) is 7.13. The Morgan fingerprint density at radius 2 is 2.10 bits per heavy atom. The third kappa shape index (κ3) is 1.91. The molecular weight excluding hydrogens is 260 g/mol. The van der Waals surface area contributed by atoms with Crippen LogP contribution in [0.25, 0.3) is 11.4 Å². The van der Waals surface area contributed by atoms with E-state index >= 15 is 0 Å². The zero-order valence-electron chi connectivity index (χ0n) is 10.9. The Morgan fingerprint density at radius 3 is 2.95 bits per heavy atom. The number of hydrazine groups is 1. The average molecular weight is 274 g/mol. The lowest BCUT2D eigenvalue weighted by molar-refractivity contribution is 0.174. The number of benzene rings is 1. The molecule has 7 nitrogen and oxygen atoms in total. The van der Waals surface area contributed by atoms with E-state index in [-0.39, 0.29) is 12.8 Å². The Kier molecular flexibility index (Phi) is 2.61. The van der Waals surface area contributed by atoms with Crippen molar-refractivity contribution in [3.05, 3.63) is 24.1 Å². The summed E-state index contributed by atoms with van der Waals surface area (Å²) < 4.78 is 16.0. The van der Waals surface area contributed by atoms with E-state index in [0.29, 0.717) is 23.5 Å². The first-order chi connectivity index (χ1) is 9.79. The van der Waals surface area contributed by atoms with Crippen LogP contribution in [0.15, 0.2) is 22.7 Å². The normalized spacial score (nSPS) is 24.2. The van der Waals surface area contributed by atoms with Gasteiger partial charge in [-0.05, 0) is 31.5 Å². The van der Waals surface area contributed by atoms with Gasteiger partial charge in [0.2, 0.25) is 18.5 Å². The molecule has 2 aliphatic rings. The van der Waals surface area contributed by atoms with Gasteiger partial charge in [0.15, 0.2) is 11.5 Å². The Balaban J connectivity index is 1.61. The number of fused-ring (bicyclic) bond motifs is 1. The highest BCUT2D eigenvalue weighted by atomic mass is 16.7. The van der Waals surface area contributed by atoms with Crippen molar-refractivity contribution in [2.45, 2.75) is 25.4 Å². The van der Waals surface area contributed by atoms with Gasteiger partial charge in [-0.3, -0.25) is 5.43 Å². The molecule has 3 heterocycles. The quantitative estimate of drug-likeness (QED) is 0.856. The van der Waals surface area contributed by atoms with Crippen molar-refractivity contribution in [2.24, 2.45) is 0 Å². The highest BCUT2D eigenvalue weighted by molar-refractivity contribution is 5.61. The zero-order valence-corrected chi connectivity index (χ0v) is 10.9. The highest BCUT2D eigenvalue weighted by Crippen LogP contribution is 2.35. The zero-order chi connectivity index (χ0) is 13.5. The molecule has 0 saturated carbocycles. The molecule has 2 atom stereocenters. The van der Waals surface area contributed by atoms with E-state index in [0.717, 1.165) is 17.7 Å². The maximum absolute atomic E-state index is 5.35. The number of nitrogens with one attached hydrogen (secondary N) is 2. The molecule has 0 amide bonds. The summed E-state index contributed by atoms with van der Waals surface area (Å²) in [5.74, 6) is 2.60. The van der Waals surface area contributed by atoms with Crippen LogP contribution in [0.4, 0.5) is 0 Å². The van der Waals surface area contributed by atoms with Crippen LogP contribution in [0.1, 0.15) is 25.3 Å². The molecule has 4 rings (SSSR count). The molecule has 2 aliphatic heterocycles. The molecule has 0 aliphatic carbocycles. The van der Waals surface area contributed by atoms with E-state index in [4.69, 9.17) is 14.0 Å². The molecule has 0 spiro atoms. The molecule has 1 saturated heterocycles. The summed E-state index contributed by atoms with van der Waals surface area (Å²) in [6.07, 6.45) is 0.919. The van der Waals surface area contributed by atoms with Crippen LogP contribution in [0.5, 0.6) is 11.5 Å². The predicted octanol–water partition coefficient (Wildman–Crippen LogP) is 1.39. The third-order valence-electron chi connectivity index (χ3n) is 3.46. The van der Waals surface area contributed by atoms with Crippen LogP contribution in [0.2, 0.25) is 0 Å². The SMILES string of the molecule is CC1CC(c2nc(-c3ccc4c(c3)OCO4)no2)NN1. The van der Waals surface area contributed by atoms with E-state index < -0.39 is 0 Å². The molecule has 20 heavy (non-hydrogen) atoms. The fourth-order valence-corrected chi connectivity index (χ4v) is 2.41. The molecule has 2 N–H and O–H groups in total. The van der Waals surface area contributed by atoms with Gasteiger partial charge in [-0.1, -0.05) is 5.16 Å². The first-order valence-electron chi connectivity index (χ1n) is 6.54. The van der Waals surface area contributed by atoms with E-state index in [1.165, 1.54) is 0 Å². The maximum atomic E-state index is 5.35. The fourth-order valence-electron chi connectivity index (χ4n) is 2.41. The Morgan fingerprint density at radius 1 is 1.20 bits per heavy atom. The average Bonchev–Trinajstić information content (AvgIpc) is 3.17. The lowest BCUT2D eigenvalue weighted by Gasteiger charge is -2.01. The van der Waals surface area contributed by atoms with Crippen LogP contribution >= 0.6 is 0 Å². The fraction of sp³-hybridized carbons (Fsp3) is 0.385. The van der Waals surface area contributed by atoms with Crippen molar-refractivity contribution >= 4 is 0 Å². The van der Waals surface area contributed by atoms with E-state index in [1.807, 2.05) is 18.2 Å². The molecule has 1 aromatic carbocycles. The van der Waals surface area contributed by atoms with Crippen LogP contribution in [0.3, 0.4) is 0 Å². The minimum Gasteiger partial charge on any atom is -0.454 e. The molecule has 0 bridgehead atoms. The van der Waals surface area contributed by atoms with Crippen molar-refractivity contribution in [1.82, 2.24) is 21.0 Å². The van der Waals surface area contributed by atoms with Gasteiger partial charge in [0.1, 0.15) is 6.04 Å². The summed E-state index contributed by atoms with van der Waals surface area (Å²) in [7, 11) is 0. The minimum atomic E-state index is 0.0558. The van der Waals surface area contributed by atoms with E-state index in [1.54, 1.807) is 0 Å². The lowest BCUT2D eigenvalue weighted by Crippen LogP contribution is -2.28. The van der Waals surface area contributed by atoms with Gasteiger partial charge in [-0.15, -0.1) is 0 Å². The second-order valence-electron chi connectivity index (χ2n) is 5.00. The number of nitrogens with zero attached hydrogens (tertiary/aromatic N) is 2. The largest absolute Gasteiger partial charge is 0.454 e. The second kappa shape index (κ2) is 4.46. The molecule has 0 radical (unpaired) electrons. The topological polar surface area (TPSA) is 81.4 Å². The highest BCUT2D eigenvalue weighted by Gasteiger charge is 2.27. The van der Waals surface area contributed by atoms with Crippen LogP contribution in [-0.2, 0) is 0 Å². The van der Waals surface area contributed by atoms with Crippen molar-refractivity contribution in [2.75, 3.05) is 6.79 Å². The van der Waals surface area contributed by atoms with Gasteiger partial charge in [-0.2, -0.15) is 4.98 Å². The molecule has 1 aromatic heterocycles. The number of ether oxygens (including phenoxy) is 2. The number of hydrogen-bond acceptors (Lipinski definition) is 7. The van der Waals surface area contributed by atoms with Crippen molar-refractivity contribution in [3.8, 4) is 22.9 Å². The lowest BCUT2D eigenvalue weighted by atomic mass is 10.1. The number of aromatic nitrogens is 2. The summed E-state index contributed by atoms with van der Waals surface area (Å²) in [5, 5.41) is 4.03. The first-order valence-corrected chi connectivity index (χ1v) is 6.54. The maximum Gasteiger partial charge on any atom is 0.245 e. The molecule has 7 heteroatoms. The number of rotatable bonds is 2. The molecule has 104 valence electrons. The molecule has 2 unspecified atom stereocenters. The molecular formula is C13H14N4O3. The van der Waals surface area contributed by atoms with Crippen LogP contribution in [0, 0.1) is 0 Å². The molecule has 2 aromatic rings. The summed E-state index contributed by atoms with van der Waals surface area (Å²) in [6.45, 7) is 2.36. The van der Waals surface area contributed by atoms with Crippen molar-refractivity contribution < 1.29 is 14.0 Å².